The average Bonchev–Trinajstić information content (AvgIpc) is 2.33. The highest BCUT2D eigenvalue weighted by Gasteiger charge is 2.04. The Hall–Kier alpha value is -0.680. The molecule has 0 unspecified atom stereocenters. The average molecular weight is 262 g/mol. The first-order valence-electron chi connectivity index (χ1n) is 5.58. The number of aliphatic hydroxyl groups excluding tert-OH is 1. The van der Waals surface area contributed by atoms with Crippen LogP contribution in [-0.4, -0.2) is 31.5 Å². The van der Waals surface area contributed by atoms with Gasteiger partial charge in [0.2, 0.25) is 0 Å². The van der Waals surface area contributed by atoms with Crippen molar-refractivity contribution in [2.24, 2.45) is 0 Å². The summed E-state index contributed by atoms with van der Waals surface area (Å²) in [5.41, 5.74) is 0.753. The molecular weight excluding hydrogens is 245 g/mol. The Morgan fingerprint density at radius 3 is 2.94 bits per heavy atom. The van der Waals surface area contributed by atoms with Crippen molar-refractivity contribution in [3.8, 4) is 0 Å². The van der Waals surface area contributed by atoms with Gasteiger partial charge in [-0.1, -0.05) is 23.7 Å². The van der Waals surface area contributed by atoms with Crippen molar-refractivity contribution in [3.05, 3.63) is 34.6 Å². The number of hydrogen-bond donors (Lipinski definition) is 2. The van der Waals surface area contributed by atoms with Crippen LogP contribution in [0.2, 0.25) is 5.02 Å². The summed E-state index contributed by atoms with van der Waals surface area (Å²) in [6, 6.07) is 4.78. The first-order chi connectivity index (χ1) is 8.25. The third-order valence-corrected chi connectivity index (χ3v) is 2.65. The number of rotatable bonds is 8. The van der Waals surface area contributed by atoms with Crippen LogP contribution in [0.4, 0.5) is 4.39 Å². The largest absolute Gasteiger partial charge is 0.394 e. The molecule has 0 aliphatic rings. The molecule has 1 rings (SSSR count). The van der Waals surface area contributed by atoms with E-state index in [0.717, 1.165) is 18.5 Å². The molecule has 0 aliphatic heterocycles. The highest BCUT2D eigenvalue weighted by Crippen LogP contribution is 2.19. The fourth-order valence-electron chi connectivity index (χ4n) is 1.37. The Labute approximate surface area is 106 Å². The van der Waals surface area contributed by atoms with E-state index in [0.29, 0.717) is 19.8 Å². The van der Waals surface area contributed by atoms with E-state index in [9.17, 15) is 4.39 Å². The van der Waals surface area contributed by atoms with Crippen molar-refractivity contribution in [1.82, 2.24) is 5.32 Å². The molecule has 0 saturated carbocycles. The second kappa shape index (κ2) is 8.42. The van der Waals surface area contributed by atoms with Crippen molar-refractivity contribution in [1.29, 1.82) is 0 Å². The predicted molar refractivity (Wildman–Crippen MR) is 65.6 cm³/mol. The van der Waals surface area contributed by atoms with Crippen LogP contribution in [0.3, 0.4) is 0 Å². The van der Waals surface area contributed by atoms with Gasteiger partial charge in [0, 0.05) is 13.2 Å². The molecule has 0 atom stereocenters. The van der Waals surface area contributed by atoms with Crippen molar-refractivity contribution in [2.75, 3.05) is 26.4 Å². The lowest BCUT2D eigenvalue weighted by atomic mass is 10.2. The number of aliphatic hydroxyl groups is 1. The SMILES string of the molecule is OCCOCCCNCc1cccc(F)c1Cl. The van der Waals surface area contributed by atoms with Crippen molar-refractivity contribution >= 4 is 11.6 Å². The molecule has 3 nitrogen and oxygen atoms in total. The minimum absolute atomic E-state index is 0.0479. The highest BCUT2D eigenvalue weighted by molar-refractivity contribution is 6.31. The summed E-state index contributed by atoms with van der Waals surface area (Å²) in [6.07, 6.45) is 0.840. The zero-order valence-corrected chi connectivity index (χ0v) is 10.3. The Balaban J connectivity index is 2.16. The molecule has 0 radical (unpaired) electrons. The molecule has 0 fully saturated rings. The van der Waals surface area contributed by atoms with Crippen LogP contribution in [0, 0.1) is 5.82 Å². The van der Waals surface area contributed by atoms with Crippen LogP contribution in [0.5, 0.6) is 0 Å². The smallest absolute Gasteiger partial charge is 0.142 e. The van der Waals surface area contributed by atoms with Gasteiger partial charge >= 0.3 is 0 Å². The first kappa shape index (κ1) is 14.4. The highest BCUT2D eigenvalue weighted by atomic mass is 35.5. The maximum Gasteiger partial charge on any atom is 0.142 e. The summed E-state index contributed by atoms with van der Waals surface area (Å²) < 4.78 is 18.2. The number of ether oxygens (including phenoxy) is 1. The Morgan fingerprint density at radius 1 is 1.35 bits per heavy atom. The Kier molecular flexibility index (Phi) is 7.12. The van der Waals surface area contributed by atoms with E-state index in [1.54, 1.807) is 12.1 Å². The molecule has 0 aromatic heterocycles. The molecule has 1 aromatic rings. The third-order valence-electron chi connectivity index (χ3n) is 2.22. The quantitative estimate of drug-likeness (QED) is 0.703. The minimum atomic E-state index is -0.391. The summed E-state index contributed by atoms with van der Waals surface area (Å²) in [4.78, 5) is 0. The van der Waals surface area contributed by atoms with Gasteiger partial charge in [0.15, 0.2) is 0 Å². The van der Waals surface area contributed by atoms with Crippen molar-refractivity contribution in [2.45, 2.75) is 13.0 Å². The van der Waals surface area contributed by atoms with Gasteiger partial charge in [-0.15, -0.1) is 0 Å². The lowest BCUT2D eigenvalue weighted by Crippen LogP contribution is -2.17. The summed E-state index contributed by atoms with van der Waals surface area (Å²) in [6.45, 7) is 2.32. The van der Waals surface area contributed by atoms with E-state index in [1.807, 2.05) is 0 Å². The van der Waals surface area contributed by atoms with Gasteiger partial charge in [0.1, 0.15) is 5.82 Å². The molecule has 0 saturated heterocycles. The Bertz CT molecular complexity index is 336. The first-order valence-corrected chi connectivity index (χ1v) is 5.95. The zero-order chi connectivity index (χ0) is 12.5. The zero-order valence-electron chi connectivity index (χ0n) is 9.59. The number of halogens is 2. The molecule has 0 heterocycles. The molecule has 0 amide bonds. The number of benzene rings is 1. The molecular formula is C12H17ClFNO2. The molecule has 0 spiro atoms. The van der Waals surface area contributed by atoms with Crippen LogP contribution >= 0.6 is 11.6 Å². The van der Waals surface area contributed by atoms with Crippen LogP contribution in [-0.2, 0) is 11.3 Å². The number of hydrogen-bond acceptors (Lipinski definition) is 3. The van der Waals surface area contributed by atoms with E-state index in [2.05, 4.69) is 5.32 Å². The number of nitrogens with one attached hydrogen (secondary N) is 1. The molecule has 17 heavy (non-hydrogen) atoms. The molecule has 1 aromatic carbocycles. The third kappa shape index (κ3) is 5.46. The van der Waals surface area contributed by atoms with Gasteiger partial charge in [-0.25, -0.2) is 4.39 Å². The van der Waals surface area contributed by atoms with E-state index >= 15 is 0 Å². The van der Waals surface area contributed by atoms with Crippen molar-refractivity contribution < 1.29 is 14.2 Å². The van der Waals surface area contributed by atoms with E-state index < -0.39 is 5.82 Å². The van der Waals surface area contributed by atoms with E-state index in [1.165, 1.54) is 6.07 Å². The maximum atomic E-state index is 13.1. The summed E-state index contributed by atoms with van der Waals surface area (Å²) in [5.74, 6) is -0.391. The van der Waals surface area contributed by atoms with Gasteiger partial charge in [0.05, 0.1) is 18.2 Å². The molecule has 0 aliphatic carbocycles. The van der Waals surface area contributed by atoms with Crippen LogP contribution in [0.15, 0.2) is 18.2 Å². The second-order valence-corrected chi connectivity index (χ2v) is 3.96. The fraction of sp³-hybridized carbons (Fsp3) is 0.500. The van der Waals surface area contributed by atoms with E-state index in [4.69, 9.17) is 21.4 Å². The van der Waals surface area contributed by atoms with Gasteiger partial charge in [-0.3, -0.25) is 0 Å². The molecule has 0 bridgehead atoms. The van der Waals surface area contributed by atoms with Crippen LogP contribution in [0.25, 0.3) is 0 Å². The van der Waals surface area contributed by atoms with Crippen LogP contribution < -0.4 is 5.32 Å². The van der Waals surface area contributed by atoms with E-state index in [-0.39, 0.29) is 11.6 Å². The van der Waals surface area contributed by atoms with Crippen LogP contribution in [0.1, 0.15) is 12.0 Å². The topological polar surface area (TPSA) is 41.5 Å². The normalized spacial score (nSPS) is 10.8. The lowest BCUT2D eigenvalue weighted by molar-refractivity contribution is 0.0907. The summed E-state index contributed by atoms with van der Waals surface area (Å²) >= 11 is 5.81. The lowest BCUT2D eigenvalue weighted by Gasteiger charge is -2.07. The summed E-state index contributed by atoms with van der Waals surface area (Å²) in [5, 5.41) is 11.8. The van der Waals surface area contributed by atoms with Gasteiger partial charge in [0.25, 0.3) is 0 Å². The predicted octanol–water partition coefficient (Wildman–Crippen LogP) is 1.97. The standard InChI is InChI=1S/C12H17ClFNO2/c13-12-10(3-1-4-11(12)14)9-15-5-2-7-17-8-6-16/h1,3-4,15-16H,2,5-9H2. The summed E-state index contributed by atoms with van der Waals surface area (Å²) in [7, 11) is 0. The molecule has 2 N–H and O–H groups in total. The van der Waals surface area contributed by atoms with Crippen molar-refractivity contribution in [3.63, 3.8) is 0 Å². The molecule has 96 valence electrons. The molecule has 5 heteroatoms. The van der Waals surface area contributed by atoms with Gasteiger partial charge in [-0.2, -0.15) is 0 Å². The fourth-order valence-corrected chi connectivity index (χ4v) is 1.57. The monoisotopic (exact) mass is 261 g/mol. The Morgan fingerprint density at radius 2 is 2.18 bits per heavy atom. The minimum Gasteiger partial charge on any atom is -0.394 e. The van der Waals surface area contributed by atoms with Gasteiger partial charge in [-0.05, 0) is 24.6 Å². The van der Waals surface area contributed by atoms with Gasteiger partial charge < -0.3 is 15.2 Å². The maximum absolute atomic E-state index is 13.1. The second-order valence-electron chi connectivity index (χ2n) is 3.58.